The van der Waals surface area contributed by atoms with Gasteiger partial charge in [-0.15, -0.1) is 0 Å². The number of pyridine rings is 1. The monoisotopic (exact) mass is 340 g/mol. The molecule has 6 nitrogen and oxygen atoms in total. The highest BCUT2D eigenvalue weighted by atomic mass is 16.2. The van der Waals surface area contributed by atoms with Crippen LogP contribution in [0, 0.1) is 13.8 Å². The van der Waals surface area contributed by atoms with Crippen LogP contribution in [0.15, 0.2) is 24.3 Å². The molecule has 1 saturated heterocycles. The first-order valence-electron chi connectivity index (χ1n) is 8.62. The third kappa shape index (κ3) is 3.96. The Hall–Kier alpha value is -2.47. The Bertz CT molecular complexity index is 818. The van der Waals surface area contributed by atoms with Crippen LogP contribution in [0.5, 0.6) is 0 Å². The zero-order chi connectivity index (χ0) is 18.0. The minimum absolute atomic E-state index is 0.00778. The van der Waals surface area contributed by atoms with Gasteiger partial charge in [0, 0.05) is 31.6 Å². The Balaban J connectivity index is 1.80. The van der Waals surface area contributed by atoms with E-state index in [-0.39, 0.29) is 18.4 Å². The topological polar surface area (TPSA) is 79.5 Å². The highest BCUT2D eigenvalue weighted by Gasteiger charge is 2.22. The van der Waals surface area contributed by atoms with Gasteiger partial charge < -0.3 is 10.6 Å². The van der Waals surface area contributed by atoms with Crippen LogP contribution in [0.2, 0.25) is 0 Å². The third-order valence-electron chi connectivity index (χ3n) is 4.65. The predicted octanol–water partition coefficient (Wildman–Crippen LogP) is 1.48. The molecule has 0 unspecified atom stereocenters. The number of fused-ring (bicyclic) bond motifs is 1. The van der Waals surface area contributed by atoms with Crippen LogP contribution in [-0.4, -0.2) is 59.3 Å². The van der Waals surface area contributed by atoms with Crippen molar-refractivity contribution in [1.29, 1.82) is 0 Å². The van der Waals surface area contributed by atoms with Gasteiger partial charge in [0.2, 0.25) is 5.91 Å². The first kappa shape index (κ1) is 17.4. The maximum Gasteiger partial charge on any atom is 0.255 e. The number of primary amides is 1. The Morgan fingerprint density at radius 2 is 1.92 bits per heavy atom. The van der Waals surface area contributed by atoms with Crippen LogP contribution >= 0.6 is 0 Å². The van der Waals surface area contributed by atoms with Gasteiger partial charge in [-0.3, -0.25) is 19.5 Å². The van der Waals surface area contributed by atoms with E-state index in [1.807, 2.05) is 47.9 Å². The zero-order valence-corrected chi connectivity index (χ0v) is 14.8. The molecular weight excluding hydrogens is 316 g/mol. The quantitative estimate of drug-likeness (QED) is 0.918. The van der Waals surface area contributed by atoms with Gasteiger partial charge in [0.25, 0.3) is 5.91 Å². The second-order valence-electron chi connectivity index (χ2n) is 6.71. The minimum Gasteiger partial charge on any atom is -0.369 e. The fourth-order valence-electron chi connectivity index (χ4n) is 3.31. The van der Waals surface area contributed by atoms with E-state index in [9.17, 15) is 9.59 Å². The standard InChI is InChI=1S/C19H24N4O2/c1-13-4-5-15-11-16(14(2)21-17(15)10-13)19(25)23-7-3-6-22(8-9-23)12-18(20)24/h4-5,10-11H,3,6-9,12H2,1-2H3,(H2,20,24). The normalized spacial score (nSPS) is 16.0. The summed E-state index contributed by atoms with van der Waals surface area (Å²) < 4.78 is 0. The number of amides is 2. The van der Waals surface area contributed by atoms with Crippen LogP contribution in [0.4, 0.5) is 0 Å². The van der Waals surface area contributed by atoms with E-state index in [0.29, 0.717) is 25.2 Å². The van der Waals surface area contributed by atoms with Crippen molar-refractivity contribution < 1.29 is 9.59 Å². The van der Waals surface area contributed by atoms with E-state index in [1.165, 1.54) is 0 Å². The molecule has 0 spiro atoms. The number of aryl methyl sites for hydroxylation is 2. The number of rotatable bonds is 3. The summed E-state index contributed by atoms with van der Waals surface area (Å²) in [6, 6.07) is 8.00. The number of hydrogen-bond acceptors (Lipinski definition) is 4. The average molecular weight is 340 g/mol. The van der Waals surface area contributed by atoms with Crippen LogP contribution in [0.3, 0.4) is 0 Å². The third-order valence-corrected chi connectivity index (χ3v) is 4.65. The molecule has 1 aromatic heterocycles. The minimum atomic E-state index is -0.329. The molecule has 1 fully saturated rings. The lowest BCUT2D eigenvalue weighted by molar-refractivity contribution is -0.119. The fraction of sp³-hybridized carbons (Fsp3) is 0.421. The van der Waals surface area contributed by atoms with Crippen molar-refractivity contribution in [2.24, 2.45) is 5.73 Å². The molecule has 0 atom stereocenters. The molecule has 0 saturated carbocycles. The zero-order valence-electron chi connectivity index (χ0n) is 14.8. The molecule has 1 aliphatic heterocycles. The van der Waals surface area contributed by atoms with Gasteiger partial charge in [0.15, 0.2) is 0 Å². The van der Waals surface area contributed by atoms with Crippen LogP contribution in [-0.2, 0) is 4.79 Å². The lowest BCUT2D eigenvalue weighted by Gasteiger charge is -2.22. The molecule has 1 aromatic carbocycles. The fourth-order valence-corrected chi connectivity index (χ4v) is 3.31. The molecule has 2 heterocycles. The van der Waals surface area contributed by atoms with E-state index in [0.717, 1.165) is 35.1 Å². The number of carbonyl (C=O) groups is 2. The molecule has 25 heavy (non-hydrogen) atoms. The number of benzene rings is 1. The summed E-state index contributed by atoms with van der Waals surface area (Å²) in [6.45, 7) is 6.88. The van der Waals surface area contributed by atoms with Gasteiger partial charge >= 0.3 is 0 Å². The summed E-state index contributed by atoms with van der Waals surface area (Å²) in [5.74, 6) is -0.321. The van der Waals surface area contributed by atoms with E-state index in [2.05, 4.69) is 4.98 Å². The molecule has 2 aromatic rings. The number of carbonyl (C=O) groups excluding carboxylic acids is 2. The van der Waals surface area contributed by atoms with Crippen molar-refractivity contribution in [3.05, 3.63) is 41.1 Å². The van der Waals surface area contributed by atoms with Gasteiger partial charge in [0.05, 0.1) is 23.3 Å². The highest BCUT2D eigenvalue weighted by Crippen LogP contribution is 2.20. The smallest absolute Gasteiger partial charge is 0.255 e. The summed E-state index contributed by atoms with van der Waals surface area (Å²) in [5, 5.41) is 0.977. The average Bonchev–Trinajstić information content (AvgIpc) is 2.78. The number of aromatic nitrogens is 1. The van der Waals surface area contributed by atoms with E-state index in [4.69, 9.17) is 5.73 Å². The summed E-state index contributed by atoms with van der Waals surface area (Å²) in [4.78, 5) is 32.6. The Kier molecular flexibility index (Phi) is 4.99. The van der Waals surface area contributed by atoms with Gasteiger partial charge in [-0.1, -0.05) is 12.1 Å². The first-order chi connectivity index (χ1) is 11.9. The van der Waals surface area contributed by atoms with Crippen molar-refractivity contribution >= 4 is 22.7 Å². The van der Waals surface area contributed by atoms with Gasteiger partial charge in [-0.25, -0.2) is 0 Å². The summed E-state index contributed by atoms with van der Waals surface area (Å²) in [7, 11) is 0. The maximum atomic E-state index is 13.0. The largest absolute Gasteiger partial charge is 0.369 e. The van der Waals surface area contributed by atoms with Crippen molar-refractivity contribution in [3.8, 4) is 0 Å². The van der Waals surface area contributed by atoms with Gasteiger partial charge in [-0.2, -0.15) is 0 Å². The van der Waals surface area contributed by atoms with Gasteiger partial charge in [-0.05, 0) is 38.0 Å². The Morgan fingerprint density at radius 1 is 1.12 bits per heavy atom. The molecule has 2 amide bonds. The molecule has 0 radical (unpaired) electrons. The van der Waals surface area contributed by atoms with E-state index >= 15 is 0 Å². The van der Waals surface area contributed by atoms with Crippen molar-refractivity contribution in [3.63, 3.8) is 0 Å². The van der Waals surface area contributed by atoms with Crippen LogP contribution < -0.4 is 5.73 Å². The molecular formula is C19H24N4O2. The highest BCUT2D eigenvalue weighted by molar-refractivity contribution is 5.98. The van der Waals surface area contributed by atoms with E-state index in [1.54, 1.807) is 0 Å². The molecule has 3 rings (SSSR count). The number of nitrogens with zero attached hydrogens (tertiary/aromatic N) is 3. The summed E-state index contributed by atoms with van der Waals surface area (Å²) in [6.07, 6.45) is 0.832. The Morgan fingerprint density at radius 3 is 2.68 bits per heavy atom. The van der Waals surface area contributed by atoms with Crippen molar-refractivity contribution in [2.45, 2.75) is 20.3 Å². The second kappa shape index (κ2) is 7.19. The number of hydrogen-bond donors (Lipinski definition) is 1. The maximum absolute atomic E-state index is 13.0. The number of nitrogens with two attached hydrogens (primary N) is 1. The SMILES string of the molecule is Cc1ccc2cc(C(=O)N3CCCN(CC(N)=O)CC3)c(C)nc2c1. The predicted molar refractivity (Wildman–Crippen MR) is 97.4 cm³/mol. The first-order valence-corrected chi connectivity index (χ1v) is 8.62. The molecule has 6 heteroatoms. The molecule has 2 N–H and O–H groups in total. The van der Waals surface area contributed by atoms with Crippen LogP contribution in [0.1, 0.15) is 28.0 Å². The molecule has 132 valence electrons. The summed E-state index contributed by atoms with van der Waals surface area (Å²) >= 11 is 0. The van der Waals surface area contributed by atoms with Crippen molar-refractivity contribution in [1.82, 2.24) is 14.8 Å². The van der Waals surface area contributed by atoms with Crippen molar-refractivity contribution in [2.75, 3.05) is 32.7 Å². The van der Waals surface area contributed by atoms with Gasteiger partial charge in [0.1, 0.15) is 0 Å². The van der Waals surface area contributed by atoms with Crippen LogP contribution in [0.25, 0.3) is 10.9 Å². The lowest BCUT2D eigenvalue weighted by Crippen LogP contribution is -2.38. The second-order valence-corrected chi connectivity index (χ2v) is 6.71. The van der Waals surface area contributed by atoms with E-state index < -0.39 is 0 Å². The summed E-state index contributed by atoms with van der Waals surface area (Å²) in [5.41, 5.74) is 8.75. The lowest BCUT2D eigenvalue weighted by atomic mass is 10.1. The Labute approximate surface area is 147 Å². The molecule has 0 bridgehead atoms. The molecule has 0 aliphatic carbocycles. The molecule has 1 aliphatic rings.